The number of carboxylic acids is 1. The van der Waals surface area contributed by atoms with Crippen molar-refractivity contribution >= 4 is 12.0 Å². The van der Waals surface area contributed by atoms with E-state index < -0.39 is 5.97 Å². The largest absolute Gasteiger partial charge is 0.480 e. The number of carboxylic acid groups (broad SMARTS) is 1. The van der Waals surface area contributed by atoms with Gasteiger partial charge < -0.3 is 15.3 Å². The van der Waals surface area contributed by atoms with Crippen molar-refractivity contribution in [2.24, 2.45) is 11.8 Å². The number of rotatable bonds is 6. The Labute approximate surface area is 109 Å². The summed E-state index contributed by atoms with van der Waals surface area (Å²) in [6.07, 6.45) is 2.27. The molecule has 0 unspecified atom stereocenters. The molecule has 0 atom stereocenters. The van der Waals surface area contributed by atoms with E-state index in [1.165, 1.54) is 4.90 Å². The summed E-state index contributed by atoms with van der Waals surface area (Å²) in [5, 5.41) is 11.8. The molecule has 0 aromatic carbocycles. The standard InChI is InChI=1S/C13H24N2O3/c1-9(2)7-15(8-11(16)17)12(18)14-13(3,4)10-5-6-10/h9-10H,5-8H2,1-4H3,(H,14,18)(H,16,17). The minimum Gasteiger partial charge on any atom is -0.480 e. The van der Waals surface area contributed by atoms with Crippen molar-refractivity contribution in [3.8, 4) is 0 Å². The van der Waals surface area contributed by atoms with Gasteiger partial charge in [-0.05, 0) is 38.5 Å². The summed E-state index contributed by atoms with van der Waals surface area (Å²) in [6.45, 7) is 8.14. The molecule has 1 rings (SSSR count). The maximum Gasteiger partial charge on any atom is 0.323 e. The van der Waals surface area contributed by atoms with Crippen molar-refractivity contribution in [3.63, 3.8) is 0 Å². The molecule has 0 saturated heterocycles. The fourth-order valence-corrected chi connectivity index (χ4v) is 2.09. The highest BCUT2D eigenvalue weighted by Crippen LogP contribution is 2.39. The minimum atomic E-state index is -0.977. The molecule has 0 aromatic heterocycles. The van der Waals surface area contributed by atoms with Crippen LogP contribution in [0, 0.1) is 11.8 Å². The lowest BCUT2D eigenvalue weighted by Gasteiger charge is -2.31. The smallest absolute Gasteiger partial charge is 0.323 e. The fourth-order valence-electron chi connectivity index (χ4n) is 2.09. The molecule has 0 bridgehead atoms. The van der Waals surface area contributed by atoms with Gasteiger partial charge in [-0.1, -0.05) is 13.8 Å². The number of nitrogens with zero attached hydrogens (tertiary/aromatic N) is 1. The van der Waals surface area contributed by atoms with Crippen LogP contribution >= 0.6 is 0 Å². The fraction of sp³-hybridized carbons (Fsp3) is 0.846. The Morgan fingerprint density at radius 3 is 2.33 bits per heavy atom. The van der Waals surface area contributed by atoms with Crippen LogP contribution in [0.5, 0.6) is 0 Å². The van der Waals surface area contributed by atoms with E-state index in [9.17, 15) is 9.59 Å². The minimum absolute atomic E-state index is 0.245. The molecule has 0 heterocycles. The van der Waals surface area contributed by atoms with Gasteiger partial charge in [0.05, 0.1) is 0 Å². The van der Waals surface area contributed by atoms with Crippen LogP contribution in [0.3, 0.4) is 0 Å². The molecule has 5 heteroatoms. The predicted molar refractivity (Wildman–Crippen MR) is 69.4 cm³/mol. The van der Waals surface area contributed by atoms with Gasteiger partial charge in [0, 0.05) is 12.1 Å². The van der Waals surface area contributed by atoms with E-state index >= 15 is 0 Å². The first kappa shape index (κ1) is 14.8. The molecule has 0 aromatic rings. The first-order chi connectivity index (χ1) is 8.22. The molecule has 1 fully saturated rings. The van der Waals surface area contributed by atoms with Crippen LogP contribution < -0.4 is 5.32 Å². The van der Waals surface area contributed by atoms with Crippen LogP contribution in [-0.4, -0.2) is 40.6 Å². The Morgan fingerprint density at radius 1 is 1.39 bits per heavy atom. The molecular formula is C13H24N2O3. The maximum absolute atomic E-state index is 12.1. The van der Waals surface area contributed by atoms with Crippen molar-refractivity contribution in [1.29, 1.82) is 0 Å². The van der Waals surface area contributed by atoms with E-state index in [0.29, 0.717) is 12.5 Å². The van der Waals surface area contributed by atoms with E-state index in [0.717, 1.165) is 12.8 Å². The van der Waals surface area contributed by atoms with Crippen LogP contribution in [0.2, 0.25) is 0 Å². The molecule has 1 aliphatic rings. The van der Waals surface area contributed by atoms with Crippen molar-refractivity contribution < 1.29 is 14.7 Å². The van der Waals surface area contributed by atoms with E-state index in [-0.39, 0.29) is 24.0 Å². The van der Waals surface area contributed by atoms with Gasteiger partial charge in [0.25, 0.3) is 0 Å². The molecule has 0 radical (unpaired) electrons. The summed E-state index contributed by atoms with van der Waals surface area (Å²) in [5.74, 6) is -0.207. The molecule has 1 saturated carbocycles. The first-order valence-corrected chi connectivity index (χ1v) is 6.51. The Balaban J connectivity index is 2.60. The van der Waals surface area contributed by atoms with Gasteiger partial charge in [-0.25, -0.2) is 4.79 Å². The average molecular weight is 256 g/mol. The number of nitrogens with one attached hydrogen (secondary N) is 1. The van der Waals surface area contributed by atoms with Gasteiger partial charge in [-0.2, -0.15) is 0 Å². The third-order valence-corrected chi connectivity index (χ3v) is 3.23. The Kier molecular flexibility index (Phi) is 4.59. The van der Waals surface area contributed by atoms with Crippen molar-refractivity contribution in [1.82, 2.24) is 10.2 Å². The molecule has 0 aliphatic heterocycles. The van der Waals surface area contributed by atoms with Gasteiger partial charge in [0.15, 0.2) is 0 Å². The van der Waals surface area contributed by atoms with Crippen LogP contribution in [-0.2, 0) is 4.79 Å². The number of hydrogen-bond acceptors (Lipinski definition) is 2. The van der Waals surface area contributed by atoms with Crippen LogP contribution in [0.25, 0.3) is 0 Å². The van der Waals surface area contributed by atoms with Crippen LogP contribution in [0.1, 0.15) is 40.5 Å². The van der Waals surface area contributed by atoms with Gasteiger partial charge in [-0.3, -0.25) is 4.79 Å². The lowest BCUT2D eigenvalue weighted by molar-refractivity contribution is -0.137. The van der Waals surface area contributed by atoms with E-state index in [1.54, 1.807) is 0 Å². The SMILES string of the molecule is CC(C)CN(CC(=O)O)C(=O)NC(C)(C)C1CC1. The topological polar surface area (TPSA) is 69.6 Å². The summed E-state index contributed by atoms with van der Waals surface area (Å²) in [6, 6.07) is -0.275. The molecular weight excluding hydrogens is 232 g/mol. The highest BCUT2D eigenvalue weighted by Gasteiger charge is 2.39. The van der Waals surface area contributed by atoms with Crippen LogP contribution in [0.4, 0.5) is 4.79 Å². The number of aliphatic carboxylic acids is 1. The Bertz CT molecular complexity index is 322. The molecule has 1 aliphatic carbocycles. The third-order valence-electron chi connectivity index (χ3n) is 3.23. The summed E-state index contributed by atoms with van der Waals surface area (Å²) >= 11 is 0. The van der Waals surface area contributed by atoms with E-state index in [1.807, 2.05) is 27.7 Å². The lowest BCUT2D eigenvalue weighted by atomic mass is 9.99. The second kappa shape index (κ2) is 5.59. The van der Waals surface area contributed by atoms with Gasteiger partial charge in [0.1, 0.15) is 6.54 Å². The maximum atomic E-state index is 12.1. The van der Waals surface area contributed by atoms with Gasteiger partial charge in [0.2, 0.25) is 0 Å². The zero-order chi connectivity index (χ0) is 13.9. The zero-order valence-electron chi connectivity index (χ0n) is 11.7. The van der Waals surface area contributed by atoms with E-state index in [4.69, 9.17) is 5.11 Å². The monoisotopic (exact) mass is 256 g/mol. The third kappa shape index (κ3) is 4.55. The second-order valence-electron chi connectivity index (χ2n) is 6.09. The molecule has 0 spiro atoms. The average Bonchev–Trinajstić information content (AvgIpc) is 2.96. The lowest BCUT2D eigenvalue weighted by Crippen LogP contribution is -2.53. The highest BCUT2D eigenvalue weighted by atomic mass is 16.4. The van der Waals surface area contributed by atoms with Gasteiger partial charge >= 0.3 is 12.0 Å². The number of carbonyl (C=O) groups excluding carboxylic acids is 1. The Morgan fingerprint density at radius 2 is 1.94 bits per heavy atom. The summed E-state index contributed by atoms with van der Waals surface area (Å²) < 4.78 is 0. The first-order valence-electron chi connectivity index (χ1n) is 6.51. The summed E-state index contributed by atoms with van der Waals surface area (Å²) in [4.78, 5) is 24.3. The predicted octanol–water partition coefficient (Wildman–Crippen LogP) is 1.93. The molecule has 18 heavy (non-hydrogen) atoms. The highest BCUT2D eigenvalue weighted by molar-refractivity contribution is 5.80. The summed E-state index contributed by atoms with van der Waals surface area (Å²) in [7, 11) is 0. The van der Waals surface area contributed by atoms with Crippen molar-refractivity contribution in [2.75, 3.05) is 13.1 Å². The molecule has 5 nitrogen and oxygen atoms in total. The number of urea groups is 1. The molecule has 2 amide bonds. The number of amides is 2. The Hall–Kier alpha value is -1.26. The number of carbonyl (C=O) groups is 2. The van der Waals surface area contributed by atoms with E-state index in [2.05, 4.69) is 5.32 Å². The molecule has 104 valence electrons. The summed E-state index contributed by atoms with van der Waals surface area (Å²) in [5.41, 5.74) is -0.245. The normalized spacial score (nSPS) is 15.6. The van der Waals surface area contributed by atoms with Crippen molar-refractivity contribution in [2.45, 2.75) is 46.1 Å². The van der Waals surface area contributed by atoms with Gasteiger partial charge in [-0.15, -0.1) is 0 Å². The van der Waals surface area contributed by atoms with Crippen LogP contribution in [0.15, 0.2) is 0 Å². The quantitative estimate of drug-likeness (QED) is 0.763. The molecule has 2 N–H and O–H groups in total. The number of hydrogen-bond donors (Lipinski definition) is 2. The second-order valence-corrected chi connectivity index (χ2v) is 6.09. The van der Waals surface area contributed by atoms with Crippen molar-refractivity contribution in [3.05, 3.63) is 0 Å². The zero-order valence-corrected chi connectivity index (χ0v) is 11.7.